The largest absolute Gasteiger partial charge is 0.378 e. The van der Waals surface area contributed by atoms with E-state index in [1.807, 2.05) is 0 Å². The SMILES string of the molecule is Cl.O=C(CC1COCCN1)NCCS(=O)(=O)c1ccc(Cl)cc1. The molecule has 1 unspecified atom stereocenters. The molecule has 0 aliphatic carbocycles. The zero-order chi connectivity index (χ0) is 16.0. The van der Waals surface area contributed by atoms with Crippen molar-refractivity contribution in [2.45, 2.75) is 17.4 Å². The number of morpholine rings is 1. The molecule has 23 heavy (non-hydrogen) atoms. The molecule has 9 heteroatoms. The zero-order valence-corrected chi connectivity index (χ0v) is 14.8. The molecular weight excluding hydrogens is 363 g/mol. The van der Waals surface area contributed by atoms with Crippen molar-refractivity contribution in [1.29, 1.82) is 0 Å². The summed E-state index contributed by atoms with van der Waals surface area (Å²) in [5, 5.41) is 6.28. The maximum atomic E-state index is 12.1. The van der Waals surface area contributed by atoms with Crippen LogP contribution in [0.4, 0.5) is 0 Å². The molecule has 1 atom stereocenters. The Labute approximate surface area is 147 Å². The third kappa shape index (κ3) is 6.64. The predicted molar refractivity (Wildman–Crippen MR) is 91.0 cm³/mol. The van der Waals surface area contributed by atoms with Gasteiger partial charge in [0.05, 0.1) is 23.9 Å². The lowest BCUT2D eigenvalue weighted by Crippen LogP contribution is -2.44. The summed E-state index contributed by atoms with van der Waals surface area (Å²) in [5.41, 5.74) is 0. The Kier molecular flexibility index (Phi) is 8.28. The first-order chi connectivity index (χ1) is 10.5. The van der Waals surface area contributed by atoms with Gasteiger partial charge >= 0.3 is 0 Å². The third-order valence-electron chi connectivity index (χ3n) is 3.30. The third-order valence-corrected chi connectivity index (χ3v) is 5.28. The summed E-state index contributed by atoms with van der Waals surface area (Å²) < 4.78 is 29.4. The quantitative estimate of drug-likeness (QED) is 0.767. The van der Waals surface area contributed by atoms with E-state index >= 15 is 0 Å². The molecule has 1 aliphatic heterocycles. The van der Waals surface area contributed by atoms with E-state index in [1.165, 1.54) is 24.3 Å². The molecule has 6 nitrogen and oxygen atoms in total. The topological polar surface area (TPSA) is 84.5 Å². The summed E-state index contributed by atoms with van der Waals surface area (Å²) in [4.78, 5) is 12.0. The molecule has 1 fully saturated rings. The monoisotopic (exact) mass is 382 g/mol. The summed E-state index contributed by atoms with van der Waals surface area (Å²) in [6, 6.07) is 5.97. The fraction of sp³-hybridized carbons (Fsp3) is 0.500. The number of hydrogen-bond acceptors (Lipinski definition) is 5. The van der Waals surface area contributed by atoms with Crippen molar-refractivity contribution in [3.63, 3.8) is 0 Å². The average molecular weight is 383 g/mol. The number of carbonyl (C=O) groups is 1. The van der Waals surface area contributed by atoms with Gasteiger partial charge in [-0.1, -0.05) is 11.6 Å². The molecule has 0 spiro atoms. The molecule has 2 N–H and O–H groups in total. The summed E-state index contributed by atoms with van der Waals surface area (Å²) in [5.74, 6) is -0.330. The Bertz CT molecular complexity index is 602. The van der Waals surface area contributed by atoms with Gasteiger partial charge in [0.15, 0.2) is 9.84 Å². The minimum absolute atomic E-state index is 0. The van der Waals surface area contributed by atoms with E-state index in [1.54, 1.807) is 0 Å². The summed E-state index contributed by atoms with van der Waals surface area (Å²) in [7, 11) is -3.42. The van der Waals surface area contributed by atoms with Crippen molar-refractivity contribution in [2.75, 3.05) is 32.1 Å². The first-order valence-electron chi connectivity index (χ1n) is 7.03. The molecular formula is C14H20Cl2N2O4S. The number of carbonyl (C=O) groups excluding carboxylic acids is 1. The van der Waals surface area contributed by atoms with Crippen LogP contribution in [-0.2, 0) is 19.4 Å². The standard InChI is InChI=1S/C14H19ClN2O4S.ClH/c15-11-1-3-13(4-2-11)22(19,20)8-6-17-14(18)9-12-10-21-7-5-16-12;/h1-4,12,16H,5-10H2,(H,17,18);1H. The highest BCUT2D eigenvalue weighted by Crippen LogP contribution is 2.15. The van der Waals surface area contributed by atoms with Gasteiger partial charge in [0.2, 0.25) is 5.91 Å². The van der Waals surface area contributed by atoms with E-state index in [0.29, 0.717) is 18.2 Å². The number of rotatable bonds is 6. The van der Waals surface area contributed by atoms with E-state index < -0.39 is 9.84 Å². The number of hydrogen-bond donors (Lipinski definition) is 2. The van der Waals surface area contributed by atoms with E-state index in [4.69, 9.17) is 16.3 Å². The van der Waals surface area contributed by atoms with E-state index in [0.717, 1.165) is 6.54 Å². The number of benzene rings is 1. The fourth-order valence-corrected chi connectivity index (χ4v) is 3.41. The Morgan fingerprint density at radius 2 is 2.04 bits per heavy atom. The van der Waals surface area contributed by atoms with Crippen LogP contribution < -0.4 is 10.6 Å². The highest BCUT2D eigenvalue weighted by Gasteiger charge is 2.18. The molecule has 130 valence electrons. The van der Waals surface area contributed by atoms with E-state index in [2.05, 4.69) is 10.6 Å². The molecule has 1 aromatic carbocycles. The Morgan fingerprint density at radius 3 is 2.65 bits per heavy atom. The highest BCUT2D eigenvalue weighted by molar-refractivity contribution is 7.91. The van der Waals surface area contributed by atoms with Crippen LogP contribution in [0.5, 0.6) is 0 Å². The van der Waals surface area contributed by atoms with E-state index in [9.17, 15) is 13.2 Å². The van der Waals surface area contributed by atoms with Crippen molar-refractivity contribution in [3.8, 4) is 0 Å². The number of halogens is 2. The first-order valence-corrected chi connectivity index (χ1v) is 9.06. The van der Waals surface area contributed by atoms with Crippen LogP contribution >= 0.6 is 24.0 Å². The molecule has 0 aromatic heterocycles. The summed E-state index contributed by atoms with van der Waals surface area (Å²) >= 11 is 5.73. The molecule has 1 amide bonds. The van der Waals surface area contributed by atoms with Crippen LogP contribution in [-0.4, -0.2) is 52.4 Å². The van der Waals surface area contributed by atoms with Gasteiger partial charge in [0.25, 0.3) is 0 Å². The van der Waals surface area contributed by atoms with Crippen LogP contribution in [0.15, 0.2) is 29.2 Å². The summed E-state index contributed by atoms with van der Waals surface area (Å²) in [6.07, 6.45) is 0.279. The molecule has 2 rings (SSSR count). The number of amides is 1. The minimum Gasteiger partial charge on any atom is -0.378 e. The molecule has 1 saturated heterocycles. The smallest absolute Gasteiger partial charge is 0.221 e. The van der Waals surface area contributed by atoms with Gasteiger partial charge in [-0.25, -0.2) is 8.42 Å². The second-order valence-corrected chi connectivity index (χ2v) is 7.60. The Balaban J connectivity index is 0.00000264. The van der Waals surface area contributed by atoms with Crippen molar-refractivity contribution < 1.29 is 17.9 Å². The van der Waals surface area contributed by atoms with Gasteiger partial charge in [-0.15, -0.1) is 12.4 Å². The van der Waals surface area contributed by atoms with Crippen LogP contribution in [0.25, 0.3) is 0 Å². The normalized spacial score (nSPS) is 18.0. The van der Waals surface area contributed by atoms with Gasteiger partial charge in [-0.2, -0.15) is 0 Å². The number of nitrogens with one attached hydrogen (secondary N) is 2. The lowest BCUT2D eigenvalue weighted by Gasteiger charge is -2.23. The van der Waals surface area contributed by atoms with Gasteiger partial charge in [0, 0.05) is 30.6 Å². The molecule has 1 heterocycles. The van der Waals surface area contributed by atoms with Gasteiger partial charge in [-0.05, 0) is 24.3 Å². The number of sulfone groups is 1. The van der Waals surface area contributed by atoms with Crippen molar-refractivity contribution in [1.82, 2.24) is 10.6 Å². The minimum atomic E-state index is -3.42. The zero-order valence-electron chi connectivity index (χ0n) is 12.5. The Morgan fingerprint density at radius 1 is 1.35 bits per heavy atom. The van der Waals surface area contributed by atoms with E-state index in [-0.39, 0.29) is 48.0 Å². The maximum absolute atomic E-state index is 12.1. The predicted octanol–water partition coefficient (Wildman–Crippen LogP) is 1.03. The fourth-order valence-electron chi connectivity index (χ4n) is 2.13. The lowest BCUT2D eigenvalue weighted by molar-refractivity contribution is -0.122. The second kappa shape index (κ2) is 9.44. The van der Waals surface area contributed by atoms with Gasteiger partial charge in [0.1, 0.15) is 0 Å². The lowest BCUT2D eigenvalue weighted by atomic mass is 10.2. The van der Waals surface area contributed by atoms with Gasteiger partial charge in [-0.3, -0.25) is 4.79 Å². The van der Waals surface area contributed by atoms with Crippen LogP contribution in [0, 0.1) is 0 Å². The summed E-state index contributed by atoms with van der Waals surface area (Å²) in [6.45, 7) is 1.95. The van der Waals surface area contributed by atoms with Crippen molar-refractivity contribution >= 4 is 39.8 Å². The molecule has 1 aliphatic rings. The molecule has 0 bridgehead atoms. The van der Waals surface area contributed by atoms with Crippen LogP contribution in [0.1, 0.15) is 6.42 Å². The van der Waals surface area contributed by atoms with Gasteiger partial charge < -0.3 is 15.4 Å². The average Bonchev–Trinajstić information content (AvgIpc) is 2.48. The molecule has 1 aromatic rings. The molecule has 0 saturated carbocycles. The maximum Gasteiger partial charge on any atom is 0.221 e. The molecule has 0 radical (unpaired) electrons. The van der Waals surface area contributed by atoms with Crippen LogP contribution in [0.2, 0.25) is 5.02 Å². The first kappa shape index (κ1) is 20.2. The van der Waals surface area contributed by atoms with Crippen LogP contribution in [0.3, 0.4) is 0 Å². The van der Waals surface area contributed by atoms with Crippen molar-refractivity contribution in [2.24, 2.45) is 0 Å². The number of ether oxygens (including phenoxy) is 1. The highest BCUT2D eigenvalue weighted by atomic mass is 35.5. The Hall–Kier alpha value is -0.860. The second-order valence-electron chi connectivity index (χ2n) is 5.05. The van der Waals surface area contributed by atoms with Crippen molar-refractivity contribution in [3.05, 3.63) is 29.3 Å².